The Morgan fingerprint density at radius 1 is 1.53 bits per heavy atom. The minimum Gasteiger partial charge on any atom is -0.393 e. The predicted molar refractivity (Wildman–Crippen MR) is 63.0 cm³/mol. The van der Waals surface area contributed by atoms with Crippen molar-refractivity contribution in [3.05, 3.63) is 33.9 Å². The molecule has 0 unspecified atom stereocenters. The van der Waals surface area contributed by atoms with E-state index in [0.717, 1.165) is 0 Å². The average molecular weight is 238 g/mol. The molecule has 1 amide bonds. The SMILES string of the molecule is CN(CC(N)=O)Cc1ccc(N)c([N+](=O)[O-])c1. The van der Waals surface area contributed by atoms with Gasteiger partial charge >= 0.3 is 0 Å². The van der Waals surface area contributed by atoms with E-state index in [9.17, 15) is 14.9 Å². The number of hydrogen-bond donors (Lipinski definition) is 2. The van der Waals surface area contributed by atoms with E-state index in [-0.39, 0.29) is 17.9 Å². The predicted octanol–water partition coefficient (Wildman–Crippen LogP) is 0.0941. The number of primary amides is 1. The maximum atomic E-state index is 10.7. The van der Waals surface area contributed by atoms with Gasteiger partial charge in [0, 0.05) is 12.6 Å². The van der Waals surface area contributed by atoms with Crippen LogP contribution in [-0.2, 0) is 11.3 Å². The first-order valence-corrected chi connectivity index (χ1v) is 4.90. The summed E-state index contributed by atoms with van der Waals surface area (Å²) in [7, 11) is 1.70. The molecule has 4 N–H and O–H groups in total. The zero-order valence-electron chi connectivity index (χ0n) is 9.42. The Kier molecular flexibility index (Phi) is 4.00. The van der Waals surface area contributed by atoms with E-state index in [1.165, 1.54) is 12.1 Å². The van der Waals surface area contributed by atoms with Crippen molar-refractivity contribution in [3.63, 3.8) is 0 Å². The van der Waals surface area contributed by atoms with Gasteiger partial charge in [0.25, 0.3) is 5.69 Å². The third-order valence-corrected chi connectivity index (χ3v) is 2.17. The van der Waals surface area contributed by atoms with Gasteiger partial charge in [-0.25, -0.2) is 0 Å². The number of nitro groups is 1. The van der Waals surface area contributed by atoms with Crippen molar-refractivity contribution in [2.75, 3.05) is 19.3 Å². The Morgan fingerprint density at radius 2 is 2.18 bits per heavy atom. The van der Waals surface area contributed by atoms with E-state index in [1.54, 1.807) is 18.0 Å². The highest BCUT2D eigenvalue weighted by molar-refractivity contribution is 5.75. The van der Waals surface area contributed by atoms with Gasteiger partial charge in [0.1, 0.15) is 5.69 Å². The summed E-state index contributed by atoms with van der Waals surface area (Å²) in [5.74, 6) is -0.447. The number of anilines is 1. The molecule has 7 heteroatoms. The second-order valence-electron chi connectivity index (χ2n) is 3.79. The first-order chi connectivity index (χ1) is 7.90. The van der Waals surface area contributed by atoms with E-state index < -0.39 is 10.8 Å². The van der Waals surface area contributed by atoms with Crippen LogP contribution in [0.15, 0.2) is 18.2 Å². The van der Waals surface area contributed by atoms with Crippen LogP contribution in [0.4, 0.5) is 11.4 Å². The molecular formula is C10H14N4O3. The molecule has 1 aromatic rings. The number of nitrogen functional groups attached to an aromatic ring is 1. The van der Waals surface area contributed by atoms with Crippen LogP contribution in [0, 0.1) is 10.1 Å². The topological polar surface area (TPSA) is 115 Å². The first kappa shape index (κ1) is 12.9. The Balaban J connectivity index is 2.82. The molecular weight excluding hydrogens is 224 g/mol. The summed E-state index contributed by atoms with van der Waals surface area (Å²) in [5.41, 5.74) is 11.2. The monoisotopic (exact) mass is 238 g/mol. The second kappa shape index (κ2) is 5.26. The smallest absolute Gasteiger partial charge is 0.292 e. The van der Waals surface area contributed by atoms with Crippen molar-refractivity contribution in [1.29, 1.82) is 0 Å². The lowest BCUT2D eigenvalue weighted by atomic mass is 10.1. The largest absolute Gasteiger partial charge is 0.393 e. The molecule has 17 heavy (non-hydrogen) atoms. The summed E-state index contributed by atoms with van der Waals surface area (Å²) in [6, 6.07) is 4.55. The summed E-state index contributed by atoms with van der Waals surface area (Å²) < 4.78 is 0. The van der Waals surface area contributed by atoms with Crippen molar-refractivity contribution in [3.8, 4) is 0 Å². The Hall–Kier alpha value is -2.15. The van der Waals surface area contributed by atoms with Gasteiger partial charge in [-0.2, -0.15) is 0 Å². The number of benzene rings is 1. The number of nitrogens with zero attached hydrogens (tertiary/aromatic N) is 2. The molecule has 0 heterocycles. The lowest BCUT2D eigenvalue weighted by Crippen LogP contribution is -2.30. The number of likely N-dealkylation sites (N-methyl/N-ethyl adjacent to an activating group) is 1. The quantitative estimate of drug-likeness (QED) is 0.428. The lowest BCUT2D eigenvalue weighted by molar-refractivity contribution is -0.384. The second-order valence-corrected chi connectivity index (χ2v) is 3.79. The summed E-state index contributed by atoms with van der Waals surface area (Å²) in [6.07, 6.45) is 0. The van der Waals surface area contributed by atoms with Crippen molar-refractivity contribution in [2.24, 2.45) is 5.73 Å². The fourth-order valence-corrected chi connectivity index (χ4v) is 1.48. The highest BCUT2D eigenvalue weighted by atomic mass is 16.6. The van der Waals surface area contributed by atoms with Crippen molar-refractivity contribution in [1.82, 2.24) is 4.90 Å². The molecule has 0 fully saturated rings. The molecule has 0 aliphatic carbocycles. The van der Waals surface area contributed by atoms with Crippen LogP contribution >= 0.6 is 0 Å². The molecule has 0 aromatic heterocycles. The van der Waals surface area contributed by atoms with E-state index >= 15 is 0 Å². The van der Waals surface area contributed by atoms with Crippen molar-refractivity contribution < 1.29 is 9.72 Å². The number of rotatable bonds is 5. The van der Waals surface area contributed by atoms with Crippen molar-refractivity contribution in [2.45, 2.75) is 6.54 Å². The molecule has 0 aliphatic rings. The molecule has 92 valence electrons. The average Bonchev–Trinajstić information content (AvgIpc) is 2.19. The minimum absolute atomic E-state index is 0.0954. The van der Waals surface area contributed by atoms with Crippen LogP contribution in [0.1, 0.15) is 5.56 Å². The van der Waals surface area contributed by atoms with Crippen LogP contribution in [0.25, 0.3) is 0 Å². The molecule has 0 saturated carbocycles. The number of carbonyl (C=O) groups is 1. The lowest BCUT2D eigenvalue weighted by Gasteiger charge is -2.14. The van der Waals surface area contributed by atoms with Gasteiger partial charge in [-0.1, -0.05) is 6.07 Å². The fourth-order valence-electron chi connectivity index (χ4n) is 1.48. The minimum atomic E-state index is -0.535. The standard InChI is InChI=1S/C10H14N4O3/c1-13(6-10(12)15)5-7-2-3-8(11)9(4-7)14(16)17/h2-4H,5-6,11H2,1H3,(H2,12,15). The van der Waals surface area contributed by atoms with Gasteiger partial charge in [-0.05, 0) is 18.7 Å². The molecule has 0 saturated heterocycles. The fraction of sp³-hybridized carbons (Fsp3) is 0.300. The Morgan fingerprint density at radius 3 is 2.71 bits per heavy atom. The number of nitrogens with two attached hydrogens (primary N) is 2. The van der Waals surface area contributed by atoms with Gasteiger partial charge in [0.2, 0.25) is 5.91 Å². The zero-order valence-corrected chi connectivity index (χ0v) is 9.42. The van der Waals surface area contributed by atoms with Gasteiger partial charge < -0.3 is 11.5 Å². The molecule has 0 radical (unpaired) electrons. The van der Waals surface area contributed by atoms with Crippen LogP contribution in [0.2, 0.25) is 0 Å². The molecule has 0 bridgehead atoms. The summed E-state index contributed by atoms with van der Waals surface area (Å²) in [6.45, 7) is 0.488. The third kappa shape index (κ3) is 3.72. The number of nitro benzene ring substituents is 1. The number of carbonyl (C=O) groups excluding carboxylic acids is 1. The first-order valence-electron chi connectivity index (χ1n) is 4.90. The Labute approximate surface area is 98.1 Å². The van der Waals surface area contributed by atoms with Crippen LogP contribution in [0.3, 0.4) is 0 Å². The highest BCUT2D eigenvalue weighted by Crippen LogP contribution is 2.22. The van der Waals surface area contributed by atoms with Gasteiger partial charge in [-0.3, -0.25) is 19.8 Å². The molecule has 0 atom stereocenters. The number of hydrogen-bond acceptors (Lipinski definition) is 5. The summed E-state index contributed by atoms with van der Waals surface area (Å²) in [5, 5.41) is 10.7. The Bertz CT molecular complexity index is 447. The normalized spacial score (nSPS) is 10.5. The van der Waals surface area contributed by atoms with Gasteiger partial charge in [0.15, 0.2) is 0 Å². The third-order valence-electron chi connectivity index (χ3n) is 2.17. The molecule has 1 aromatic carbocycles. The summed E-state index contributed by atoms with van der Waals surface area (Å²) >= 11 is 0. The highest BCUT2D eigenvalue weighted by Gasteiger charge is 2.13. The molecule has 7 nitrogen and oxygen atoms in total. The van der Waals surface area contributed by atoms with E-state index in [2.05, 4.69) is 0 Å². The summed E-state index contributed by atoms with van der Waals surface area (Å²) in [4.78, 5) is 22.5. The van der Waals surface area contributed by atoms with E-state index in [1.807, 2.05) is 0 Å². The van der Waals surface area contributed by atoms with Gasteiger partial charge in [0.05, 0.1) is 11.5 Å². The van der Waals surface area contributed by atoms with E-state index in [0.29, 0.717) is 12.1 Å². The zero-order chi connectivity index (χ0) is 13.0. The van der Waals surface area contributed by atoms with Gasteiger partial charge in [-0.15, -0.1) is 0 Å². The molecule has 1 rings (SSSR count). The molecule has 0 spiro atoms. The van der Waals surface area contributed by atoms with Crippen LogP contribution in [0.5, 0.6) is 0 Å². The number of amides is 1. The van der Waals surface area contributed by atoms with Crippen LogP contribution < -0.4 is 11.5 Å². The van der Waals surface area contributed by atoms with Crippen molar-refractivity contribution >= 4 is 17.3 Å². The van der Waals surface area contributed by atoms with E-state index in [4.69, 9.17) is 11.5 Å². The van der Waals surface area contributed by atoms with Crippen LogP contribution in [-0.4, -0.2) is 29.3 Å². The maximum Gasteiger partial charge on any atom is 0.292 e. The molecule has 0 aliphatic heterocycles. The maximum absolute atomic E-state index is 10.7.